The molecule has 1 atom stereocenters. The molecule has 1 aliphatic rings. The maximum absolute atomic E-state index is 12.4. The van der Waals surface area contributed by atoms with Crippen molar-refractivity contribution in [3.8, 4) is 0 Å². The molecule has 1 unspecified atom stereocenters. The molecule has 0 fully saturated rings. The predicted octanol–water partition coefficient (Wildman–Crippen LogP) is 4.57. The molecule has 0 saturated carbocycles. The Morgan fingerprint density at radius 2 is 1.93 bits per heavy atom. The molecule has 0 saturated heterocycles. The number of nitrogens with one attached hydrogen (secondary N) is 1. The largest absolute Gasteiger partial charge is 0.365 e. The summed E-state index contributed by atoms with van der Waals surface area (Å²) >= 11 is 1.53. The second-order valence-electron chi connectivity index (χ2n) is 8.41. The number of fused-ring (bicyclic) bond motifs is 1. The highest BCUT2D eigenvalue weighted by molar-refractivity contribution is 7.17. The number of rotatable bonds is 5. The number of hydrogen-bond donors (Lipinski definition) is 2. The molecule has 5 heteroatoms. The average molecular weight is 385 g/mol. The number of amides is 2. The number of aryl methyl sites for hydroxylation is 1. The molecule has 0 radical (unpaired) electrons. The Bertz CT molecular complexity index is 834. The molecule has 0 spiro atoms. The lowest BCUT2D eigenvalue weighted by molar-refractivity contribution is -0.116. The second-order valence-corrected chi connectivity index (χ2v) is 9.52. The van der Waals surface area contributed by atoms with E-state index < -0.39 is 5.91 Å². The fraction of sp³-hybridized carbons (Fsp3) is 0.455. The van der Waals surface area contributed by atoms with Gasteiger partial charge in [-0.2, -0.15) is 0 Å². The number of nitrogens with two attached hydrogens (primary N) is 1. The van der Waals surface area contributed by atoms with Gasteiger partial charge < -0.3 is 11.1 Å². The van der Waals surface area contributed by atoms with Gasteiger partial charge in [0.25, 0.3) is 5.91 Å². The Morgan fingerprint density at radius 1 is 1.22 bits per heavy atom. The van der Waals surface area contributed by atoms with Gasteiger partial charge in [-0.25, -0.2) is 0 Å². The molecule has 1 aromatic carbocycles. The van der Waals surface area contributed by atoms with Gasteiger partial charge in [-0.05, 0) is 48.1 Å². The Balaban J connectivity index is 1.75. The normalized spacial score (nSPS) is 16.6. The first-order valence-corrected chi connectivity index (χ1v) is 10.4. The van der Waals surface area contributed by atoms with E-state index in [0.29, 0.717) is 29.3 Å². The number of carbonyl (C=O) groups excluding carboxylic acids is 2. The van der Waals surface area contributed by atoms with Crippen LogP contribution >= 0.6 is 11.3 Å². The van der Waals surface area contributed by atoms with E-state index >= 15 is 0 Å². The fourth-order valence-corrected chi connectivity index (χ4v) is 5.11. The van der Waals surface area contributed by atoms with Crippen molar-refractivity contribution in [3.63, 3.8) is 0 Å². The van der Waals surface area contributed by atoms with Crippen LogP contribution in [0.5, 0.6) is 0 Å². The highest BCUT2D eigenvalue weighted by Gasteiger charge is 2.33. The zero-order valence-corrected chi connectivity index (χ0v) is 17.1. The minimum atomic E-state index is -0.444. The Hall–Kier alpha value is -2.14. The summed E-state index contributed by atoms with van der Waals surface area (Å²) in [5, 5.41) is 3.58. The van der Waals surface area contributed by atoms with E-state index in [9.17, 15) is 9.59 Å². The van der Waals surface area contributed by atoms with Crippen LogP contribution in [0.2, 0.25) is 0 Å². The Kier molecular flexibility index (Phi) is 5.70. The summed E-state index contributed by atoms with van der Waals surface area (Å²) in [4.78, 5) is 25.7. The van der Waals surface area contributed by atoms with Crippen LogP contribution in [0.4, 0.5) is 5.00 Å². The van der Waals surface area contributed by atoms with Gasteiger partial charge in [-0.3, -0.25) is 9.59 Å². The molecule has 27 heavy (non-hydrogen) atoms. The minimum absolute atomic E-state index is 0.0766. The Labute approximate surface area is 165 Å². The van der Waals surface area contributed by atoms with Crippen LogP contribution in [0.25, 0.3) is 0 Å². The Morgan fingerprint density at radius 3 is 2.56 bits per heavy atom. The van der Waals surface area contributed by atoms with E-state index in [0.717, 1.165) is 30.4 Å². The number of hydrogen-bond acceptors (Lipinski definition) is 3. The predicted molar refractivity (Wildman–Crippen MR) is 111 cm³/mol. The highest BCUT2D eigenvalue weighted by Crippen LogP contribution is 2.44. The monoisotopic (exact) mass is 384 g/mol. The zero-order chi connectivity index (χ0) is 19.6. The molecule has 1 heterocycles. The third-order valence-electron chi connectivity index (χ3n) is 5.47. The molecule has 1 aliphatic carbocycles. The van der Waals surface area contributed by atoms with Crippen LogP contribution in [0.1, 0.15) is 60.0 Å². The van der Waals surface area contributed by atoms with Crippen molar-refractivity contribution in [2.24, 2.45) is 17.1 Å². The van der Waals surface area contributed by atoms with Crippen LogP contribution in [0.3, 0.4) is 0 Å². The van der Waals surface area contributed by atoms with E-state index in [2.05, 4.69) is 26.1 Å². The van der Waals surface area contributed by atoms with E-state index in [-0.39, 0.29) is 11.3 Å². The molecule has 3 rings (SSSR count). The molecule has 0 bridgehead atoms. The minimum Gasteiger partial charge on any atom is -0.365 e. The summed E-state index contributed by atoms with van der Waals surface area (Å²) in [6.07, 6.45) is 3.91. The van der Waals surface area contributed by atoms with Crippen molar-refractivity contribution in [3.05, 3.63) is 51.9 Å². The maximum Gasteiger partial charge on any atom is 0.251 e. The van der Waals surface area contributed by atoms with Gasteiger partial charge in [0, 0.05) is 11.3 Å². The summed E-state index contributed by atoms with van der Waals surface area (Å²) in [6.45, 7) is 6.78. The topological polar surface area (TPSA) is 72.2 Å². The first-order valence-electron chi connectivity index (χ1n) is 9.54. The van der Waals surface area contributed by atoms with Gasteiger partial charge in [-0.15, -0.1) is 11.3 Å². The summed E-state index contributed by atoms with van der Waals surface area (Å²) in [6, 6.07) is 9.93. The number of primary amides is 1. The molecule has 2 aromatic rings. The van der Waals surface area contributed by atoms with Crippen molar-refractivity contribution in [2.75, 3.05) is 5.32 Å². The smallest absolute Gasteiger partial charge is 0.251 e. The number of carbonyl (C=O) groups is 2. The third-order valence-corrected chi connectivity index (χ3v) is 6.64. The fourth-order valence-electron chi connectivity index (χ4n) is 3.77. The molecule has 0 aliphatic heterocycles. The third kappa shape index (κ3) is 4.59. The second kappa shape index (κ2) is 7.85. The van der Waals surface area contributed by atoms with Gasteiger partial charge in [-0.1, -0.05) is 51.1 Å². The van der Waals surface area contributed by atoms with Gasteiger partial charge in [0.15, 0.2) is 0 Å². The summed E-state index contributed by atoms with van der Waals surface area (Å²) < 4.78 is 0. The quantitative estimate of drug-likeness (QED) is 0.792. The SMILES string of the molecule is CC(C)(C)C1CCc2c(sc(NC(=O)CCc3ccccc3)c2C(N)=O)C1. The molecule has 4 nitrogen and oxygen atoms in total. The first-order chi connectivity index (χ1) is 12.8. The summed E-state index contributed by atoms with van der Waals surface area (Å²) in [5.41, 5.74) is 8.59. The number of benzene rings is 1. The molecule has 144 valence electrons. The average Bonchev–Trinajstić information content (AvgIpc) is 2.97. The van der Waals surface area contributed by atoms with Gasteiger partial charge >= 0.3 is 0 Å². The number of thiophene rings is 1. The van der Waals surface area contributed by atoms with Gasteiger partial charge in [0.1, 0.15) is 5.00 Å². The van der Waals surface area contributed by atoms with Gasteiger partial charge in [0.05, 0.1) is 5.56 Å². The number of anilines is 1. The van der Waals surface area contributed by atoms with Crippen molar-refractivity contribution in [1.82, 2.24) is 0 Å². The zero-order valence-electron chi connectivity index (χ0n) is 16.3. The molecule has 2 amide bonds. The van der Waals surface area contributed by atoms with Crippen molar-refractivity contribution in [1.29, 1.82) is 0 Å². The lowest BCUT2D eigenvalue weighted by Gasteiger charge is -2.33. The molecular formula is C22H28N2O2S. The van der Waals surface area contributed by atoms with Gasteiger partial charge in [0.2, 0.25) is 5.91 Å². The lowest BCUT2D eigenvalue weighted by atomic mass is 9.72. The van der Waals surface area contributed by atoms with Crippen LogP contribution in [0.15, 0.2) is 30.3 Å². The van der Waals surface area contributed by atoms with E-state index in [1.54, 1.807) is 0 Å². The summed E-state index contributed by atoms with van der Waals surface area (Å²) in [7, 11) is 0. The van der Waals surface area contributed by atoms with Crippen molar-refractivity contribution < 1.29 is 9.59 Å². The van der Waals surface area contributed by atoms with E-state index in [1.807, 2.05) is 30.3 Å². The van der Waals surface area contributed by atoms with Crippen LogP contribution in [0, 0.1) is 11.3 Å². The standard InChI is InChI=1S/C22H28N2O2S/c1-22(2,3)15-10-11-16-17(13-15)27-21(19(16)20(23)26)24-18(25)12-9-14-7-5-4-6-8-14/h4-8,15H,9-13H2,1-3H3,(H2,23,26)(H,24,25). The van der Waals surface area contributed by atoms with Crippen molar-refractivity contribution in [2.45, 2.75) is 52.9 Å². The molecular weight excluding hydrogens is 356 g/mol. The lowest BCUT2D eigenvalue weighted by Crippen LogP contribution is -2.27. The summed E-state index contributed by atoms with van der Waals surface area (Å²) in [5.74, 6) is 0.0541. The molecule has 1 aromatic heterocycles. The van der Waals surface area contributed by atoms with Crippen molar-refractivity contribution >= 4 is 28.2 Å². The van der Waals surface area contributed by atoms with Crippen LogP contribution in [-0.2, 0) is 24.1 Å². The van der Waals surface area contributed by atoms with Crippen LogP contribution < -0.4 is 11.1 Å². The highest BCUT2D eigenvalue weighted by atomic mass is 32.1. The van der Waals surface area contributed by atoms with E-state index in [1.165, 1.54) is 16.2 Å². The van der Waals surface area contributed by atoms with Crippen LogP contribution in [-0.4, -0.2) is 11.8 Å². The first kappa shape index (κ1) is 19.6. The molecule has 3 N–H and O–H groups in total. The maximum atomic E-state index is 12.4. The van der Waals surface area contributed by atoms with E-state index in [4.69, 9.17) is 5.73 Å².